The minimum absolute atomic E-state index is 0.0359. The van der Waals surface area contributed by atoms with Crippen molar-refractivity contribution in [1.29, 1.82) is 0 Å². The summed E-state index contributed by atoms with van der Waals surface area (Å²) in [7, 11) is 0. The van der Waals surface area contributed by atoms with Crippen molar-refractivity contribution in [3.8, 4) is 5.75 Å². The number of carboxylic acid groups (broad SMARTS) is 1. The Labute approximate surface area is 228 Å². The van der Waals surface area contributed by atoms with Crippen molar-refractivity contribution in [3.63, 3.8) is 0 Å². The lowest BCUT2D eigenvalue weighted by Crippen LogP contribution is -1.96. The number of phenols is 1. The van der Waals surface area contributed by atoms with Crippen molar-refractivity contribution in [2.24, 2.45) is 0 Å². The van der Waals surface area contributed by atoms with Crippen molar-refractivity contribution in [2.75, 3.05) is 5.75 Å². The van der Waals surface area contributed by atoms with E-state index in [9.17, 15) is 9.90 Å². The van der Waals surface area contributed by atoms with Crippen LogP contribution in [0.5, 0.6) is 5.75 Å². The van der Waals surface area contributed by atoms with Gasteiger partial charge in [-0.3, -0.25) is 4.79 Å². The average molecular weight is 557 g/mol. The third-order valence-electron chi connectivity index (χ3n) is 5.86. The molecule has 0 amide bonds. The van der Waals surface area contributed by atoms with Gasteiger partial charge in [-0.05, 0) is 30.5 Å². The zero-order chi connectivity index (χ0) is 25.3. The molecule has 0 atom stereocenters. The molecular formula is C26H40N2O3S4. The Bertz CT molecular complexity index is 876. The fourth-order valence-corrected chi connectivity index (χ4v) is 7.01. The summed E-state index contributed by atoms with van der Waals surface area (Å²) < 4.78 is 1.32. The van der Waals surface area contributed by atoms with Gasteiger partial charge in [-0.1, -0.05) is 125 Å². The molecule has 0 unspecified atom stereocenters. The second-order valence-electron chi connectivity index (χ2n) is 8.91. The number of rotatable bonds is 20. The van der Waals surface area contributed by atoms with Crippen molar-refractivity contribution < 1.29 is 15.0 Å². The van der Waals surface area contributed by atoms with Gasteiger partial charge >= 0.3 is 5.97 Å². The third kappa shape index (κ3) is 13.3. The van der Waals surface area contributed by atoms with Crippen LogP contribution in [0.4, 0.5) is 0 Å². The van der Waals surface area contributed by atoms with E-state index in [1.165, 1.54) is 107 Å². The molecule has 0 radical (unpaired) electrons. The molecule has 2 rings (SSSR count). The average Bonchev–Trinajstić information content (AvgIpc) is 3.28. The van der Waals surface area contributed by atoms with Crippen LogP contribution in [0.3, 0.4) is 0 Å². The molecule has 5 nitrogen and oxygen atoms in total. The summed E-state index contributed by atoms with van der Waals surface area (Å²) >= 11 is 8.50. The fraction of sp³-hybridized carbons (Fsp3) is 0.654. The van der Waals surface area contributed by atoms with Gasteiger partial charge in [-0.2, -0.15) is 0 Å². The maximum absolute atomic E-state index is 10.7. The smallest absolute Gasteiger partial charge is 0.313 e. The van der Waals surface area contributed by atoms with E-state index in [1.54, 1.807) is 6.07 Å². The van der Waals surface area contributed by atoms with Crippen LogP contribution >= 0.6 is 47.5 Å². The first kappa shape index (κ1) is 30.3. The summed E-state index contributed by atoms with van der Waals surface area (Å²) in [6.45, 7) is 2.27. The summed E-state index contributed by atoms with van der Waals surface area (Å²) in [6, 6.07) is 3.70. The Morgan fingerprint density at radius 2 is 1.43 bits per heavy atom. The molecule has 0 saturated heterocycles. The molecule has 0 saturated carbocycles. The van der Waals surface area contributed by atoms with Crippen molar-refractivity contribution in [3.05, 3.63) is 17.7 Å². The van der Waals surface area contributed by atoms with E-state index < -0.39 is 5.97 Å². The second kappa shape index (κ2) is 18.4. The molecule has 0 bridgehead atoms. The Hall–Kier alpha value is -0.900. The third-order valence-corrected chi connectivity index (χ3v) is 9.54. The van der Waals surface area contributed by atoms with E-state index in [1.807, 2.05) is 6.07 Å². The highest BCUT2D eigenvalue weighted by molar-refractivity contribution is 8.03. The molecule has 35 heavy (non-hydrogen) atoms. The van der Waals surface area contributed by atoms with Crippen molar-refractivity contribution >= 4 is 53.5 Å². The molecule has 2 N–H and O–H groups in total. The van der Waals surface area contributed by atoms with Gasteiger partial charge in [0.1, 0.15) is 5.75 Å². The van der Waals surface area contributed by atoms with Gasteiger partial charge in [0, 0.05) is 9.79 Å². The normalized spacial score (nSPS) is 11.3. The molecular weight excluding hydrogens is 517 g/mol. The number of benzene rings is 1. The van der Waals surface area contributed by atoms with Gasteiger partial charge in [0.2, 0.25) is 0 Å². The number of phenolic OH excluding ortho intramolecular Hbond substituents is 1. The Balaban J connectivity index is 1.59. The largest absolute Gasteiger partial charge is 0.508 e. The van der Waals surface area contributed by atoms with Crippen LogP contribution in [0.15, 0.2) is 30.6 Å². The topological polar surface area (TPSA) is 83.3 Å². The van der Waals surface area contributed by atoms with Crippen LogP contribution in [-0.2, 0) is 11.2 Å². The van der Waals surface area contributed by atoms with Gasteiger partial charge in [-0.25, -0.2) is 0 Å². The molecule has 0 aliphatic heterocycles. The van der Waals surface area contributed by atoms with Crippen LogP contribution in [0, 0.1) is 0 Å². The van der Waals surface area contributed by atoms with E-state index in [-0.39, 0.29) is 5.75 Å². The zero-order valence-electron chi connectivity index (χ0n) is 20.8. The molecule has 2 aromatic rings. The molecule has 9 heteroatoms. The maximum Gasteiger partial charge on any atom is 0.313 e. The molecule has 196 valence electrons. The number of nitrogens with zero attached hydrogens (tertiary/aromatic N) is 2. The molecule has 0 fully saturated rings. The fourth-order valence-electron chi connectivity index (χ4n) is 3.91. The van der Waals surface area contributed by atoms with Crippen molar-refractivity contribution in [2.45, 2.75) is 122 Å². The highest BCUT2D eigenvalue weighted by Crippen LogP contribution is 2.39. The van der Waals surface area contributed by atoms with E-state index in [0.29, 0.717) is 14.4 Å². The lowest BCUT2D eigenvalue weighted by atomic mass is 10.0. The Morgan fingerprint density at radius 1 is 0.886 bits per heavy atom. The number of aromatic nitrogens is 2. The molecule has 1 heterocycles. The van der Waals surface area contributed by atoms with Crippen LogP contribution in [0.2, 0.25) is 0 Å². The molecule has 1 aromatic carbocycles. The van der Waals surface area contributed by atoms with Gasteiger partial charge in [0.25, 0.3) is 0 Å². The van der Waals surface area contributed by atoms with Crippen molar-refractivity contribution in [1.82, 2.24) is 10.2 Å². The standard InChI is InChI=1S/C26H40N2O3S4/c1-2-3-4-5-6-7-8-9-10-11-12-13-14-15-16-20-17-22(32)23(18-21(20)29)34-26-28-27-25(35-26)33-19-24(30)31/h17-18,29,32H,2-16,19H2,1H3,(H,30,31). The number of carbonyl (C=O) groups is 1. The number of thiol groups is 1. The number of aryl methyl sites for hydroxylation is 1. The lowest BCUT2D eigenvalue weighted by Gasteiger charge is -2.09. The summed E-state index contributed by atoms with van der Waals surface area (Å²) in [6.07, 6.45) is 19.6. The predicted octanol–water partition coefficient (Wildman–Crippen LogP) is 8.88. The quantitative estimate of drug-likeness (QED) is 0.0853. The van der Waals surface area contributed by atoms with E-state index >= 15 is 0 Å². The first-order valence-electron chi connectivity index (χ1n) is 12.9. The summed E-state index contributed by atoms with van der Waals surface area (Å²) in [4.78, 5) is 12.3. The number of unbranched alkanes of at least 4 members (excludes halogenated alkanes) is 13. The summed E-state index contributed by atoms with van der Waals surface area (Å²) in [5.74, 6) is -0.618. The number of aliphatic carboxylic acids is 1. The van der Waals surface area contributed by atoms with E-state index in [0.717, 1.165) is 40.0 Å². The van der Waals surface area contributed by atoms with Crippen LogP contribution in [0.25, 0.3) is 0 Å². The highest BCUT2D eigenvalue weighted by atomic mass is 32.2. The lowest BCUT2D eigenvalue weighted by molar-refractivity contribution is -0.133. The zero-order valence-corrected chi connectivity index (χ0v) is 24.2. The monoisotopic (exact) mass is 556 g/mol. The van der Waals surface area contributed by atoms with Crippen LogP contribution in [0.1, 0.15) is 102 Å². The number of aromatic hydroxyl groups is 1. The Kier molecular flexibility index (Phi) is 15.9. The first-order chi connectivity index (χ1) is 17.0. The van der Waals surface area contributed by atoms with Gasteiger partial charge in [0.15, 0.2) is 8.68 Å². The first-order valence-corrected chi connectivity index (χ1v) is 16.0. The molecule has 0 spiro atoms. The van der Waals surface area contributed by atoms with Gasteiger partial charge in [0.05, 0.1) is 5.75 Å². The minimum Gasteiger partial charge on any atom is -0.508 e. The van der Waals surface area contributed by atoms with Gasteiger partial charge < -0.3 is 10.2 Å². The van der Waals surface area contributed by atoms with Gasteiger partial charge in [-0.15, -0.1) is 22.8 Å². The second-order valence-corrected chi connectivity index (χ2v) is 12.9. The summed E-state index contributed by atoms with van der Waals surface area (Å²) in [5.41, 5.74) is 0.938. The number of thioether (sulfide) groups is 1. The minimum atomic E-state index is -0.878. The van der Waals surface area contributed by atoms with Crippen LogP contribution < -0.4 is 0 Å². The molecule has 0 aliphatic rings. The molecule has 0 aliphatic carbocycles. The van der Waals surface area contributed by atoms with E-state index in [2.05, 4.69) is 29.7 Å². The number of carboxylic acids is 1. The number of hydrogen-bond donors (Lipinski definition) is 3. The maximum atomic E-state index is 10.7. The molecule has 1 aromatic heterocycles. The Morgan fingerprint density at radius 3 is 2.00 bits per heavy atom. The predicted molar refractivity (Wildman–Crippen MR) is 152 cm³/mol. The van der Waals surface area contributed by atoms with E-state index in [4.69, 9.17) is 5.11 Å². The SMILES string of the molecule is CCCCCCCCCCCCCCCCc1cc(S)c(Sc2nnc(SCC(=O)O)s2)cc1O. The highest BCUT2D eigenvalue weighted by Gasteiger charge is 2.13. The summed E-state index contributed by atoms with van der Waals surface area (Å²) in [5, 5.41) is 27.4. The van der Waals surface area contributed by atoms with Crippen LogP contribution in [-0.4, -0.2) is 32.1 Å². The number of hydrogen-bond acceptors (Lipinski definition) is 8.